The summed E-state index contributed by atoms with van der Waals surface area (Å²) in [5.41, 5.74) is 0. The Balaban J connectivity index is 2.32. The number of allylic oxidation sites excluding steroid dienone is 5. The minimum absolute atomic E-state index is 0.196. The van der Waals surface area contributed by atoms with Crippen molar-refractivity contribution in [2.45, 2.75) is 198 Å². The molecule has 1 amide bonds. The second-order valence-corrected chi connectivity index (χ2v) is 13.7. The highest BCUT2D eigenvalue weighted by Gasteiger charge is 2.44. The smallest absolute Gasteiger partial charge is 0.220 e. The van der Waals surface area contributed by atoms with Crippen LogP contribution < -0.4 is 5.32 Å². The Morgan fingerprint density at radius 1 is 0.673 bits per heavy atom. The van der Waals surface area contributed by atoms with E-state index in [0.717, 1.165) is 44.9 Å². The molecule has 49 heavy (non-hydrogen) atoms. The molecule has 0 spiro atoms. The number of rotatable bonds is 31. The molecular weight excluding hydrogens is 622 g/mol. The first-order valence-electron chi connectivity index (χ1n) is 19.7. The van der Waals surface area contributed by atoms with E-state index in [9.17, 15) is 30.3 Å². The molecule has 1 aliphatic heterocycles. The Morgan fingerprint density at radius 3 is 1.80 bits per heavy atom. The standard InChI is InChI=1S/C40H73NO8/c1-3-5-7-9-11-12-13-14-15-16-17-18-19-20-21-22-24-26-28-30-36(44)41-33(34(43)29-27-25-23-10-8-6-4-2)32-48-40-39(47)38(46)37(45)35(31-42)49-40/h8,10,14-15,27,29,33-35,37-40,42-43,45-47H,3-7,9,11-13,16-26,28,30-32H2,1-2H3,(H,41,44)/b10-8+,15-14-,29-27+. The van der Waals surface area contributed by atoms with Crippen LogP contribution in [0.5, 0.6) is 0 Å². The van der Waals surface area contributed by atoms with E-state index in [0.29, 0.717) is 6.42 Å². The van der Waals surface area contributed by atoms with Gasteiger partial charge in [-0.05, 0) is 51.4 Å². The fraction of sp³-hybridized carbons (Fsp3) is 0.825. The van der Waals surface area contributed by atoms with E-state index in [1.807, 2.05) is 6.08 Å². The topological polar surface area (TPSA) is 149 Å². The van der Waals surface area contributed by atoms with Crippen LogP contribution in [-0.2, 0) is 14.3 Å². The van der Waals surface area contributed by atoms with E-state index < -0.39 is 49.5 Å². The van der Waals surface area contributed by atoms with Crippen molar-refractivity contribution in [1.82, 2.24) is 5.32 Å². The summed E-state index contributed by atoms with van der Waals surface area (Å²) in [5.74, 6) is -0.196. The second-order valence-electron chi connectivity index (χ2n) is 13.7. The molecule has 286 valence electrons. The molecule has 0 saturated carbocycles. The highest BCUT2D eigenvalue weighted by atomic mass is 16.7. The number of ether oxygens (including phenoxy) is 2. The summed E-state index contributed by atoms with van der Waals surface area (Å²) < 4.78 is 11.1. The number of unbranched alkanes of at least 4 members (excludes halogenated alkanes) is 17. The van der Waals surface area contributed by atoms with E-state index in [1.54, 1.807) is 6.08 Å². The summed E-state index contributed by atoms with van der Waals surface area (Å²) >= 11 is 0. The summed E-state index contributed by atoms with van der Waals surface area (Å²) in [4.78, 5) is 12.8. The summed E-state index contributed by atoms with van der Waals surface area (Å²) in [6.45, 7) is 3.62. The van der Waals surface area contributed by atoms with Crippen molar-refractivity contribution in [3.63, 3.8) is 0 Å². The molecular formula is C40H73NO8. The lowest BCUT2D eigenvalue weighted by molar-refractivity contribution is -0.302. The molecule has 0 aliphatic carbocycles. The minimum Gasteiger partial charge on any atom is -0.394 e. The largest absolute Gasteiger partial charge is 0.394 e. The molecule has 1 saturated heterocycles. The number of nitrogens with one attached hydrogen (secondary N) is 1. The van der Waals surface area contributed by atoms with Crippen molar-refractivity contribution in [3.05, 3.63) is 36.5 Å². The minimum atomic E-state index is -1.57. The van der Waals surface area contributed by atoms with Gasteiger partial charge in [-0.25, -0.2) is 0 Å². The zero-order chi connectivity index (χ0) is 36.0. The molecule has 7 unspecified atom stereocenters. The van der Waals surface area contributed by atoms with Gasteiger partial charge in [-0.2, -0.15) is 0 Å². The molecule has 9 heteroatoms. The molecule has 0 aromatic heterocycles. The molecule has 0 aromatic carbocycles. The number of hydrogen-bond acceptors (Lipinski definition) is 8. The highest BCUT2D eigenvalue weighted by molar-refractivity contribution is 5.76. The number of carbonyl (C=O) groups is 1. The van der Waals surface area contributed by atoms with Gasteiger partial charge in [0.25, 0.3) is 0 Å². The molecule has 1 fully saturated rings. The summed E-state index contributed by atoms with van der Waals surface area (Å²) in [6.07, 6.45) is 29.3. The molecule has 9 nitrogen and oxygen atoms in total. The molecule has 0 radical (unpaired) electrons. The van der Waals surface area contributed by atoms with Crippen LogP contribution in [0.1, 0.15) is 155 Å². The molecule has 6 N–H and O–H groups in total. The van der Waals surface area contributed by atoms with E-state index in [1.165, 1.54) is 89.9 Å². The van der Waals surface area contributed by atoms with Gasteiger partial charge < -0.3 is 40.3 Å². The Kier molecular flexibility index (Phi) is 28.9. The van der Waals surface area contributed by atoms with Gasteiger partial charge in [0.05, 0.1) is 25.4 Å². The van der Waals surface area contributed by atoms with E-state index in [-0.39, 0.29) is 12.5 Å². The molecule has 1 rings (SSSR count). The average molecular weight is 696 g/mol. The average Bonchev–Trinajstić information content (AvgIpc) is 3.10. The number of aliphatic hydroxyl groups is 5. The Bertz CT molecular complexity index is 863. The van der Waals surface area contributed by atoms with Crippen LogP contribution in [0, 0.1) is 0 Å². The molecule has 0 aromatic rings. The number of aliphatic hydroxyl groups excluding tert-OH is 5. The molecule has 1 aliphatic rings. The van der Waals surface area contributed by atoms with Crippen LogP contribution in [-0.4, -0.2) is 87.5 Å². The Hall–Kier alpha value is -1.59. The SMILES string of the molecule is CCC/C=C/CC/C=C/C(O)C(COC1OC(CO)C(O)C(O)C1O)NC(=O)CCCCCCCCCCC/C=C\CCCCCCCC. The van der Waals surface area contributed by atoms with Crippen LogP contribution in [0.3, 0.4) is 0 Å². The maximum atomic E-state index is 12.8. The van der Waals surface area contributed by atoms with Crippen molar-refractivity contribution in [2.75, 3.05) is 13.2 Å². The van der Waals surface area contributed by atoms with Gasteiger partial charge in [0.15, 0.2) is 6.29 Å². The fourth-order valence-corrected chi connectivity index (χ4v) is 5.94. The normalized spacial score (nSPS) is 22.8. The van der Waals surface area contributed by atoms with Gasteiger partial charge in [-0.3, -0.25) is 4.79 Å². The van der Waals surface area contributed by atoms with Gasteiger partial charge in [-0.1, -0.05) is 134 Å². The predicted molar refractivity (Wildman–Crippen MR) is 198 cm³/mol. The lowest BCUT2D eigenvalue weighted by atomic mass is 9.99. The Labute approximate surface area is 298 Å². The fourth-order valence-electron chi connectivity index (χ4n) is 5.94. The van der Waals surface area contributed by atoms with E-state index >= 15 is 0 Å². The molecule has 7 atom stereocenters. The highest BCUT2D eigenvalue weighted by Crippen LogP contribution is 2.22. The van der Waals surface area contributed by atoms with Crippen LogP contribution in [0.15, 0.2) is 36.5 Å². The van der Waals surface area contributed by atoms with Crippen molar-refractivity contribution in [2.24, 2.45) is 0 Å². The van der Waals surface area contributed by atoms with Crippen LogP contribution in [0.25, 0.3) is 0 Å². The van der Waals surface area contributed by atoms with Gasteiger partial charge in [0, 0.05) is 6.42 Å². The van der Waals surface area contributed by atoms with E-state index in [4.69, 9.17) is 9.47 Å². The van der Waals surface area contributed by atoms with Gasteiger partial charge in [-0.15, -0.1) is 0 Å². The van der Waals surface area contributed by atoms with Crippen molar-refractivity contribution in [1.29, 1.82) is 0 Å². The van der Waals surface area contributed by atoms with Crippen molar-refractivity contribution < 1.29 is 39.8 Å². The monoisotopic (exact) mass is 696 g/mol. The first-order valence-corrected chi connectivity index (χ1v) is 19.7. The Morgan fingerprint density at radius 2 is 1.20 bits per heavy atom. The van der Waals surface area contributed by atoms with Crippen molar-refractivity contribution >= 4 is 5.91 Å². The van der Waals surface area contributed by atoms with Crippen LogP contribution in [0.4, 0.5) is 0 Å². The van der Waals surface area contributed by atoms with Crippen LogP contribution in [0.2, 0.25) is 0 Å². The molecule has 1 heterocycles. The van der Waals surface area contributed by atoms with Crippen LogP contribution >= 0.6 is 0 Å². The third kappa shape index (κ3) is 22.8. The summed E-state index contributed by atoms with van der Waals surface area (Å²) in [7, 11) is 0. The van der Waals surface area contributed by atoms with Crippen molar-refractivity contribution in [3.8, 4) is 0 Å². The quantitative estimate of drug-likeness (QED) is 0.0338. The lowest BCUT2D eigenvalue weighted by Gasteiger charge is -2.40. The third-order valence-electron chi connectivity index (χ3n) is 9.17. The maximum absolute atomic E-state index is 12.8. The summed E-state index contributed by atoms with van der Waals surface area (Å²) in [5, 5.41) is 53.7. The molecule has 0 bridgehead atoms. The number of carbonyl (C=O) groups excluding carboxylic acids is 1. The number of amides is 1. The summed E-state index contributed by atoms with van der Waals surface area (Å²) in [6, 6.07) is -0.817. The third-order valence-corrected chi connectivity index (χ3v) is 9.17. The van der Waals surface area contributed by atoms with Gasteiger partial charge in [0.2, 0.25) is 5.91 Å². The predicted octanol–water partition coefficient (Wildman–Crippen LogP) is 6.94. The zero-order valence-electron chi connectivity index (χ0n) is 30.9. The number of hydrogen-bond donors (Lipinski definition) is 6. The maximum Gasteiger partial charge on any atom is 0.220 e. The lowest BCUT2D eigenvalue weighted by Crippen LogP contribution is -2.60. The van der Waals surface area contributed by atoms with Gasteiger partial charge in [0.1, 0.15) is 24.4 Å². The first kappa shape index (κ1) is 45.4. The zero-order valence-corrected chi connectivity index (χ0v) is 30.9. The second kappa shape index (κ2) is 31.2. The first-order chi connectivity index (χ1) is 23.8. The van der Waals surface area contributed by atoms with E-state index in [2.05, 4.69) is 43.5 Å². The van der Waals surface area contributed by atoms with Gasteiger partial charge >= 0.3 is 0 Å².